The third-order valence-corrected chi connectivity index (χ3v) is 3.18. The quantitative estimate of drug-likeness (QED) is 0.178. The highest BCUT2D eigenvalue weighted by Crippen LogP contribution is 2.19. The van der Waals surface area contributed by atoms with Gasteiger partial charge in [0.25, 0.3) is 22.1 Å². The summed E-state index contributed by atoms with van der Waals surface area (Å²) in [6.07, 6.45) is 3.98. The highest BCUT2D eigenvalue weighted by Gasteiger charge is 2.21. The summed E-state index contributed by atoms with van der Waals surface area (Å²) in [6, 6.07) is 10.5. The molecule has 0 saturated carbocycles. The van der Waals surface area contributed by atoms with Gasteiger partial charge < -0.3 is 19.9 Å². The molecule has 0 aliphatic rings. The van der Waals surface area contributed by atoms with Crippen LogP contribution in [-0.2, 0) is 4.74 Å². The Morgan fingerprint density at radius 2 is 1.65 bits per heavy atom. The number of hydrogen-bond acceptors (Lipinski definition) is 5. The number of aromatic nitrogens is 2. The van der Waals surface area contributed by atoms with Gasteiger partial charge in [0.15, 0.2) is 6.61 Å². The third kappa shape index (κ3) is 2.53. The molecule has 2 aromatic carbocycles. The van der Waals surface area contributed by atoms with Gasteiger partial charge in [-0.15, -0.1) is 6.42 Å². The van der Waals surface area contributed by atoms with Gasteiger partial charge in [0, 0.05) is 18.2 Å². The molecule has 0 saturated heterocycles. The first-order chi connectivity index (χ1) is 11.1. The van der Waals surface area contributed by atoms with Crippen LogP contribution >= 0.6 is 0 Å². The van der Waals surface area contributed by atoms with Gasteiger partial charge in [-0.2, -0.15) is 9.46 Å². The van der Waals surface area contributed by atoms with Crippen molar-refractivity contribution in [2.75, 3.05) is 6.61 Å². The molecule has 0 atom stereocenters. The van der Waals surface area contributed by atoms with Crippen molar-refractivity contribution in [3.8, 4) is 18.1 Å². The van der Waals surface area contributed by atoms with E-state index < -0.39 is 6.16 Å². The lowest BCUT2D eigenvalue weighted by atomic mass is 10.2. The number of nitrogens with zero attached hydrogens (tertiary/aromatic N) is 2. The average Bonchev–Trinajstić information content (AvgIpc) is 2.58. The van der Waals surface area contributed by atoms with Crippen LogP contribution in [0.3, 0.4) is 0 Å². The first-order valence-corrected chi connectivity index (χ1v) is 6.57. The van der Waals surface area contributed by atoms with E-state index in [0.29, 0.717) is 9.46 Å². The predicted octanol–water partition coefficient (Wildman–Crippen LogP) is 1.41. The molecule has 0 fully saturated rings. The summed E-state index contributed by atoms with van der Waals surface area (Å²) in [4.78, 5) is 11.4. The molecule has 0 aliphatic carbocycles. The predicted molar refractivity (Wildman–Crippen MR) is 80.2 cm³/mol. The number of para-hydroxylation sites is 2. The second-order valence-electron chi connectivity index (χ2n) is 4.57. The van der Waals surface area contributed by atoms with E-state index in [1.54, 1.807) is 18.2 Å². The Morgan fingerprint density at radius 1 is 1.04 bits per heavy atom. The van der Waals surface area contributed by atoms with Gasteiger partial charge in [-0.05, 0) is 6.07 Å². The molecule has 0 N–H and O–H groups in total. The van der Waals surface area contributed by atoms with E-state index in [-0.39, 0.29) is 34.4 Å². The second-order valence-corrected chi connectivity index (χ2v) is 4.57. The Hall–Kier alpha value is -3.53. The first-order valence-electron chi connectivity index (χ1n) is 6.57. The summed E-state index contributed by atoms with van der Waals surface area (Å²) in [5, 5.41) is 24.7. The molecule has 0 radical (unpaired) electrons. The zero-order chi connectivity index (χ0) is 16.4. The van der Waals surface area contributed by atoms with E-state index in [2.05, 4.69) is 10.7 Å². The van der Waals surface area contributed by atoms with Crippen molar-refractivity contribution in [3.63, 3.8) is 0 Å². The molecule has 0 bridgehead atoms. The van der Waals surface area contributed by atoms with Gasteiger partial charge in [-0.1, -0.05) is 18.1 Å². The molecule has 0 amide bonds. The molecule has 23 heavy (non-hydrogen) atoms. The lowest BCUT2D eigenvalue weighted by molar-refractivity contribution is -0.591. The van der Waals surface area contributed by atoms with Gasteiger partial charge in [0.2, 0.25) is 0 Å². The molecule has 3 aromatic rings. The summed E-state index contributed by atoms with van der Waals surface area (Å²) in [5.74, 6) is 2.20. The van der Waals surface area contributed by atoms with Crippen LogP contribution in [-0.4, -0.2) is 12.8 Å². The molecule has 1 aromatic heterocycles. The summed E-state index contributed by atoms with van der Waals surface area (Å²) >= 11 is 0. The number of carbonyl (C=O) groups excluding carboxylic acids is 1. The zero-order valence-electron chi connectivity index (χ0n) is 11.8. The van der Waals surface area contributed by atoms with Crippen molar-refractivity contribution in [2.45, 2.75) is 0 Å². The minimum Gasteiger partial charge on any atom is -0.617 e. The Labute approximate surface area is 130 Å². The minimum absolute atomic E-state index is 0.0689. The van der Waals surface area contributed by atoms with Crippen LogP contribution < -0.4 is 14.2 Å². The van der Waals surface area contributed by atoms with E-state index in [9.17, 15) is 15.2 Å². The highest BCUT2D eigenvalue weighted by atomic mass is 16.7. The molecule has 7 heteroatoms. The maximum atomic E-state index is 12.4. The van der Waals surface area contributed by atoms with E-state index in [0.717, 1.165) is 0 Å². The van der Waals surface area contributed by atoms with Crippen LogP contribution in [0.1, 0.15) is 0 Å². The molecule has 7 nitrogen and oxygen atoms in total. The number of benzene rings is 2. The number of terminal acetylenes is 1. The fourth-order valence-electron chi connectivity index (χ4n) is 2.19. The fraction of sp³-hybridized carbons (Fsp3) is 0.0625. The molecule has 0 unspecified atom stereocenters. The van der Waals surface area contributed by atoms with Crippen LogP contribution in [0.4, 0.5) is 4.79 Å². The number of rotatable bonds is 2. The molecule has 114 valence electrons. The smallest absolute Gasteiger partial charge is 0.514 e. The molecule has 0 spiro atoms. The van der Waals surface area contributed by atoms with Crippen LogP contribution in [0, 0.1) is 22.8 Å². The van der Waals surface area contributed by atoms with E-state index in [4.69, 9.17) is 11.2 Å². The van der Waals surface area contributed by atoms with Gasteiger partial charge in [0.1, 0.15) is 5.75 Å². The normalized spacial score (nSPS) is 10.4. The van der Waals surface area contributed by atoms with E-state index in [1.165, 1.54) is 24.3 Å². The van der Waals surface area contributed by atoms with Gasteiger partial charge in [0.05, 0.1) is 6.07 Å². The molecular formula is C16H10N2O5. The Balaban J connectivity index is 2.09. The van der Waals surface area contributed by atoms with Crippen LogP contribution in [0.2, 0.25) is 0 Å². The Morgan fingerprint density at radius 3 is 2.30 bits per heavy atom. The van der Waals surface area contributed by atoms with Gasteiger partial charge in [-0.3, -0.25) is 0 Å². The molecular weight excluding hydrogens is 300 g/mol. The lowest BCUT2D eigenvalue weighted by Gasteiger charge is -2.08. The lowest BCUT2D eigenvalue weighted by Crippen LogP contribution is -2.39. The van der Waals surface area contributed by atoms with Crippen molar-refractivity contribution in [3.05, 3.63) is 52.9 Å². The van der Waals surface area contributed by atoms with Gasteiger partial charge in [-0.25, -0.2) is 4.79 Å². The summed E-state index contributed by atoms with van der Waals surface area (Å²) in [5.41, 5.74) is 0.683. The second kappa shape index (κ2) is 5.69. The van der Waals surface area contributed by atoms with Crippen molar-refractivity contribution in [2.24, 2.45) is 0 Å². The maximum Gasteiger partial charge on any atom is 0.514 e. The summed E-state index contributed by atoms with van der Waals surface area (Å²) in [6.45, 7) is -0.223. The summed E-state index contributed by atoms with van der Waals surface area (Å²) < 4.78 is 10.8. The number of ether oxygens (including phenoxy) is 2. The van der Waals surface area contributed by atoms with Crippen LogP contribution in [0.25, 0.3) is 22.1 Å². The third-order valence-electron chi connectivity index (χ3n) is 3.18. The molecule has 1 heterocycles. The van der Waals surface area contributed by atoms with Crippen molar-refractivity contribution >= 4 is 28.2 Å². The number of fused-ring (bicyclic) bond motifs is 2. The number of hydrogen-bond donors (Lipinski definition) is 0. The summed E-state index contributed by atoms with van der Waals surface area (Å²) in [7, 11) is 0. The number of carbonyl (C=O) groups is 1. The average molecular weight is 310 g/mol. The zero-order valence-corrected chi connectivity index (χ0v) is 11.8. The van der Waals surface area contributed by atoms with Gasteiger partial charge >= 0.3 is 6.16 Å². The van der Waals surface area contributed by atoms with Crippen molar-refractivity contribution < 1.29 is 23.7 Å². The topological polar surface area (TPSA) is 89.4 Å². The van der Waals surface area contributed by atoms with Crippen LogP contribution in [0.15, 0.2) is 42.5 Å². The maximum absolute atomic E-state index is 12.4. The molecule has 0 aliphatic heterocycles. The minimum atomic E-state index is -0.990. The Kier molecular flexibility index (Phi) is 3.57. The SMILES string of the molecule is C#CCOC(=O)Oc1ccc2c(c1)[n+]([O-])c1ccccc1[n+]2[O-]. The largest absolute Gasteiger partial charge is 0.617 e. The van der Waals surface area contributed by atoms with Crippen LogP contribution in [0.5, 0.6) is 5.75 Å². The van der Waals surface area contributed by atoms with E-state index >= 15 is 0 Å². The fourth-order valence-corrected chi connectivity index (χ4v) is 2.19. The standard InChI is InChI=1S/C16H10N2O5/c1-2-9-22-16(19)23-11-7-8-14-15(10-11)18(21)13-6-4-3-5-12(13)17(14)20/h1,3-8,10H,9H2. The Bertz CT molecular complexity index is 962. The van der Waals surface area contributed by atoms with Crippen molar-refractivity contribution in [1.82, 2.24) is 0 Å². The first kappa shape index (κ1) is 14.4. The van der Waals surface area contributed by atoms with E-state index in [1.807, 2.05) is 0 Å². The molecule has 3 rings (SSSR count). The van der Waals surface area contributed by atoms with Crippen molar-refractivity contribution in [1.29, 1.82) is 0 Å². The highest BCUT2D eigenvalue weighted by molar-refractivity contribution is 5.78. The monoisotopic (exact) mass is 310 g/mol.